The second-order valence-corrected chi connectivity index (χ2v) is 5.60. The van der Waals surface area contributed by atoms with Crippen molar-refractivity contribution in [3.63, 3.8) is 0 Å². The molecule has 2 bridgehead atoms. The van der Waals surface area contributed by atoms with Crippen molar-refractivity contribution < 1.29 is 0 Å². The van der Waals surface area contributed by atoms with Gasteiger partial charge in [-0.1, -0.05) is 0 Å². The van der Waals surface area contributed by atoms with E-state index in [0.29, 0.717) is 0 Å². The largest absolute Gasteiger partial charge is 0.311 e. The van der Waals surface area contributed by atoms with Gasteiger partial charge in [-0.15, -0.1) is 0 Å². The Morgan fingerprint density at radius 2 is 1.53 bits per heavy atom. The fourth-order valence-corrected chi connectivity index (χ4v) is 3.51. The van der Waals surface area contributed by atoms with Gasteiger partial charge >= 0.3 is 0 Å². The lowest BCUT2D eigenvalue weighted by Gasteiger charge is -2.41. The van der Waals surface area contributed by atoms with Crippen LogP contribution in [0.2, 0.25) is 0 Å². The molecule has 3 aliphatic heterocycles. The van der Waals surface area contributed by atoms with Gasteiger partial charge in [0.15, 0.2) is 0 Å². The zero-order valence-corrected chi connectivity index (χ0v) is 9.78. The second kappa shape index (κ2) is 4.04. The lowest BCUT2D eigenvalue weighted by Crippen LogP contribution is -2.54. The molecule has 86 valence electrons. The normalized spacial score (nSPS) is 43.4. The van der Waals surface area contributed by atoms with Crippen molar-refractivity contribution in [3.05, 3.63) is 0 Å². The lowest BCUT2D eigenvalue weighted by molar-refractivity contribution is 0.0837. The fraction of sp³-hybridized carbons (Fsp3) is 1.00. The number of rotatable bonds is 1. The maximum Gasteiger partial charge on any atom is 0.0126 e. The molecule has 1 N–H and O–H groups in total. The molecule has 0 aromatic heterocycles. The van der Waals surface area contributed by atoms with Crippen LogP contribution in [-0.4, -0.2) is 61.2 Å². The molecule has 0 radical (unpaired) electrons. The first-order chi connectivity index (χ1) is 7.31. The number of nitrogens with zero attached hydrogens (tertiary/aromatic N) is 2. The Balaban J connectivity index is 1.58. The molecule has 0 aliphatic carbocycles. The number of piperazine rings is 1. The van der Waals surface area contributed by atoms with E-state index in [1.165, 1.54) is 51.9 Å². The molecule has 0 aromatic carbocycles. The van der Waals surface area contributed by atoms with Crippen LogP contribution >= 0.6 is 0 Å². The van der Waals surface area contributed by atoms with Crippen LogP contribution < -0.4 is 5.32 Å². The van der Waals surface area contributed by atoms with E-state index >= 15 is 0 Å². The van der Waals surface area contributed by atoms with Crippen molar-refractivity contribution in [2.75, 3.05) is 33.2 Å². The highest BCUT2D eigenvalue weighted by atomic mass is 15.3. The average Bonchev–Trinajstić information content (AvgIpc) is 2.59. The molecule has 3 fully saturated rings. The van der Waals surface area contributed by atoms with E-state index in [9.17, 15) is 0 Å². The topological polar surface area (TPSA) is 18.5 Å². The number of likely N-dealkylation sites (N-methyl/N-ethyl adjacent to an activating group) is 1. The van der Waals surface area contributed by atoms with Crippen molar-refractivity contribution in [2.24, 2.45) is 0 Å². The van der Waals surface area contributed by atoms with Gasteiger partial charge in [0.05, 0.1) is 0 Å². The third-order valence-corrected chi connectivity index (χ3v) is 4.50. The molecule has 3 heteroatoms. The summed E-state index contributed by atoms with van der Waals surface area (Å²) in [6.07, 6.45) is 5.66. The van der Waals surface area contributed by atoms with Gasteiger partial charge in [0.2, 0.25) is 0 Å². The minimum absolute atomic E-state index is 0.841. The van der Waals surface area contributed by atoms with Crippen LogP contribution in [0, 0.1) is 0 Å². The third kappa shape index (κ3) is 2.05. The van der Waals surface area contributed by atoms with Crippen LogP contribution in [0.3, 0.4) is 0 Å². The summed E-state index contributed by atoms with van der Waals surface area (Å²) in [7, 11) is 2.24. The molecule has 2 atom stereocenters. The standard InChI is InChI=1S/C12H23N3/c1-14-4-6-15(7-5-14)12-8-10-2-3-11(9-12)13-10/h10-13H,2-9H2,1H3/t10-,11-/m0/s1. The Labute approximate surface area is 92.8 Å². The molecule has 3 aliphatic rings. The van der Waals surface area contributed by atoms with Crippen LogP contribution in [0.15, 0.2) is 0 Å². The number of hydrogen-bond acceptors (Lipinski definition) is 3. The van der Waals surface area contributed by atoms with E-state index in [-0.39, 0.29) is 0 Å². The second-order valence-electron chi connectivity index (χ2n) is 5.60. The summed E-state index contributed by atoms with van der Waals surface area (Å²) >= 11 is 0. The third-order valence-electron chi connectivity index (χ3n) is 4.50. The van der Waals surface area contributed by atoms with Crippen LogP contribution in [0.25, 0.3) is 0 Å². The number of hydrogen-bond donors (Lipinski definition) is 1. The summed E-state index contributed by atoms with van der Waals surface area (Å²) in [5, 5.41) is 3.73. The highest BCUT2D eigenvalue weighted by Gasteiger charge is 2.36. The molecule has 0 aromatic rings. The quantitative estimate of drug-likeness (QED) is 0.679. The molecule has 3 saturated heterocycles. The van der Waals surface area contributed by atoms with Crippen molar-refractivity contribution in [2.45, 2.75) is 43.8 Å². The van der Waals surface area contributed by atoms with Crippen LogP contribution in [0.4, 0.5) is 0 Å². The van der Waals surface area contributed by atoms with Gasteiger partial charge in [0, 0.05) is 44.3 Å². The molecular formula is C12H23N3. The van der Waals surface area contributed by atoms with Gasteiger partial charge < -0.3 is 10.2 Å². The average molecular weight is 209 g/mol. The zero-order chi connectivity index (χ0) is 10.3. The van der Waals surface area contributed by atoms with Gasteiger partial charge in [-0.25, -0.2) is 0 Å². The number of piperidine rings is 1. The summed E-state index contributed by atoms with van der Waals surface area (Å²) in [5.74, 6) is 0. The smallest absolute Gasteiger partial charge is 0.0126 e. The Morgan fingerprint density at radius 1 is 0.933 bits per heavy atom. The first kappa shape index (κ1) is 10.1. The van der Waals surface area contributed by atoms with E-state index in [2.05, 4.69) is 22.2 Å². The summed E-state index contributed by atoms with van der Waals surface area (Å²) in [4.78, 5) is 5.19. The summed E-state index contributed by atoms with van der Waals surface area (Å²) in [5.41, 5.74) is 0. The zero-order valence-electron chi connectivity index (χ0n) is 9.78. The van der Waals surface area contributed by atoms with Crippen LogP contribution in [0.1, 0.15) is 25.7 Å². The predicted octanol–water partition coefficient (Wildman–Crippen LogP) is 0.517. The first-order valence-corrected chi connectivity index (χ1v) is 6.50. The Kier molecular flexibility index (Phi) is 2.71. The van der Waals surface area contributed by atoms with E-state index in [0.717, 1.165) is 18.1 Å². The van der Waals surface area contributed by atoms with E-state index in [1.807, 2.05) is 0 Å². The van der Waals surface area contributed by atoms with Crippen molar-refractivity contribution in [1.82, 2.24) is 15.1 Å². The summed E-state index contributed by atoms with van der Waals surface area (Å²) < 4.78 is 0. The Hall–Kier alpha value is -0.120. The minimum Gasteiger partial charge on any atom is -0.311 e. The molecule has 0 saturated carbocycles. The van der Waals surface area contributed by atoms with Gasteiger partial charge in [0.25, 0.3) is 0 Å². The first-order valence-electron chi connectivity index (χ1n) is 6.50. The van der Waals surface area contributed by atoms with E-state index in [4.69, 9.17) is 0 Å². The molecule has 15 heavy (non-hydrogen) atoms. The molecule has 3 heterocycles. The number of nitrogens with one attached hydrogen (secondary N) is 1. The van der Waals surface area contributed by atoms with Crippen molar-refractivity contribution >= 4 is 0 Å². The maximum absolute atomic E-state index is 3.73. The maximum atomic E-state index is 3.73. The molecule has 0 spiro atoms. The molecule has 3 rings (SSSR count). The molecule has 0 amide bonds. The minimum atomic E-state index is 0.841. The van der Waals surface area contributed by atoms with Crippen LogP contribution in [0.5, 0.6) is 0 Å². The van der Waals surface area contributed by atoms with Crippen LogP contribution in [-0.2, 0) is 0 Å². The van der Waals surface area contributed by atoms with Gasteiger partial charge in [-0.3, -0.25) is 4.90 Å². The molecule has 0 unspecified atom stereocenters. The summed E-state index contributed by atoms with van der Waals surface area (Å²) in [6, 6.07) is 2.57. The fourth-order valence-electron chi connectivity index (χ4n) is 3.51. The summed E-state index contributed by atoms with van der Waals surface area (Å²) in [6.45, 7) is 5.11. The van der Waals surface area contributed by atoms with Crippen molar-refractivity contribution in [3.8, 4) is 0 Å². The molecule has 3 nitrogen and oxygen atoms in total. The van der Waals surface area contributed by atoms with Crippen molar-refractivity contribution in [1.29, 1.82) is 0 Å². The predicted molar refractivity (Wildman–Crippen MR) is 62.0 cm³/mol. The SMILES string of the molecule is CN1CCN(C2C[C@@H]3CC[C@@H](C2)N3)CC1. The monoisotopic (exact) mass is 209 g/mol. The highest BCUT2D eigenvalue weighted by molar-refractivity contribution is 4.96. The van der Waals surface area contributed by atoms with E-state index in [1.54, 1.807) is 0 Å². The number of fused-ring (bicyclic) bond motifs is 2. The van der Waals surface area contributed by atoms with Gasteiger partial charge in [0.1, 0.15) is 0 Å². The Bertz CT molecular complexity index is 211. The molecular weight excluding hydrogens is 186 g/mol. The highest BCUT2D eigenvalue weighted by Crippen LogP contribution is 2.29. The Morgan fingerprint density at radius 3 is 2.13 bits per heavy atom. The van der Waals surface area contributed by atoms with Gasteiger partial charge in [-0.05, 0) is 32.7 Å². The van der Waals surface area contributed by atoms with Gasteiger partial charge in [-0.2, -0.15) is 0 Å². The lowest BCUT2D eigenvalue weighted by atomic mass is 9.97. The van der Waals surface area contributed by atoms with E-state index < -0.39 is 0 Å².